The Morgan fingerprint density at radius 2 is 1.81 bits per heavy atom. The summed E-state index contributed by atoms with van der Waals surface area (Å²) < 4.78 is 11.0. The van der Waals surface area contributed by atoms with Crippen molar-refractivity contribution in [2.24, 2.45) is 0 Å². The molecule has 0 radical (unpaired) electrons. The second-order valence-electron chi connectivity index (χ2n) is 5.60. The first kappa shape index (κ1) is 18.2. The fraction of sp³-hybridized carbons (Fsp3) is 0.150. The molecule has 2 N–H and O–H groups in total. The second-order valence-corrected chi connectivity index (χ2v) is 5.60. The first-order valence-corrected chi connectivity index (χ1v) is 8.46. The Kier molecular flexibility index (Phi) is 5.84. The number of nitrogens with zero attached hydrogens (tertiary/aromatic N) is 1. The maximum Gasteiger partial charge on any atom is 0.264 e. The summed E-state index contributed by atoms with van der Waals surface area (Å²) >= 11 is 0. The summed E-state index contributed by atoms with van der Waals surface area (Å²) in [5.74, 6) is 0.813. The standard InChI is InChI=1S/C20H19N3O4/c1-2-26-17-8-3-4-9-18(17)27-13-20(25)21-15-7-5-6-14(12-15)16-10-11-19(24)23-22-16/h3-12H,2,13H2,1H3,(H,21,25)(H,23,24). The molecule has 1 heterocycles. The van der Waals surface area contributed by atoms with Gasteiger partial charge in [-0.15, -0.1) is 0 Å². The van der Waals surface area contributed by atoms with Crippen LogP contribution < -0.4 is 20.3 Å². The Bertz CT molecular complexity index is 964. The van der Waals surface area contributed by atoms with E-state index in [-0.39, 0.29) is 18.1 Å². The molecule has 0 spiro atoms. The predicted octanol–water partition coefficient (Wildman–Crippen LogP) is 2.85. The lowest BCUT2D eigenvalue weighted by Crippen LogP contribution is -2.20. The SMILES string of the molecule is CCOc1ccccc1OCC(=O)Nc1cccc(-c2ccc(=O)[nH]n2)c1. The molecule has 0 saturated carbocycles. The summed E-state index contributed by atoms with van der Waals surface area (Å²) in [5, 5.41) is 9.15. The molecule has 3 aromatic rings. The van der Waals surface area contributed by atoms with Crippen molar-refractivity contribution in [2.45, 2.75) is 6.92 Å². The van der Waals surface area contributed by atoms with Crippen molar-refractivity contribution >= 4 is 11.6 Å². The number of carbonyl (C=O) groups is 1. The molecule has 0 fully saturated rings. The van der Waals surface area contributed by atoms with Gasteiger partial charge in [0, 0.05) is 17.3 Å². The molecule has 1 amide bonds. The zero-order valence-electron chi connectivity index (χ0n) is 14.8. The van der Waals surface area contributed by atoms with Crippen molar-refractivity contribution in [3.63, 3.8) is 0 Å². The summed E-state index contributed by atoms with van der Waals surface area (Å²) in [6.07, 6.45) is 0. The Hall–Kier alpha value is -3.61. The van der Waals surface area contributed by atoms with Gasteiger partial charge in [-0.25, -0.2) is 5.10 Å². The van der Waals surface area contributed by atoms with Gasteiger partial charge in [0.2, 0.25) is 0 Å². The van der Waals surface area contributed by atoms with Gasteiger partial charge in [-0.1, -0.05) is 24.3 Å². The van der Waals surface area contributed by atoms with Gasteiger partial charge in [0.1, 0.15) is 0 Å². The molecular formula is C20H19N3O4. The number of nitrogens with one attached hydrogen (secondary N) is 2. The van der Waals surface area contributed by atoms with Crippen LogP contribution in [-0.4, -0.2) is 29.3 Å². The highest BCUT2D eigenvalue weighted by molar-refractivity contribution is 5.92. The number of aromatic nitrogens is 2. The van der Waals surface area contributed by atoms with Crippen LogP contribution in [0.15, 0.2) is 65.5 Å². The minimum absolute atomic E-state index is 0.148. The molecule has 138 valence electrons. The number of benzene rings is 2. The normalized spacial score (nSPS) is 10.3. The third kappa shape index (κ3) is 4.94. The molecule has 2 aromatic carbocycles. The van der Waals surface area contributed by atoms with Gasteiger partial charge in [0.25, 0.3) is 11.5 Å². The first-order valence-electron chi connectivity index (χ1n) is 8.46. The van der Waals surface area contributed by atoms with E-state index >= 15 is 0 Å². The predicted molar refractivity (Wildman–Crippen MR) is 102 cm³/mol. The summed E-state index contributed by atoms with van der Waals surface area (Å²) in [5.41, 5.74) is 1.71. The van der Waals surface area contributed by atoms with Crippen LogP contribution in [0.1, 0.15) is 6.92 Å². The molecule has 0 atom stereocenters. The summed E-state index contributed by atoms with van der Waals surface area (Å²) in [6, 6.07) is 17.4. The van der Waals surface area contributed by atoms with E-state index in [0.29, 0.717) is 29.5 Å². The largest absolute Gasteiger partial charge is 0.490 e. The number of hydrogen-bond acceptors (Lipinski definition) is 5. The van der Waals surface area contributed by atoms with Gasteiger partial charge in [0.05, 0.1) is 12.3 Å². The van der Waals surface area contributed by atoms with Crippen molar-refractivity contribution in [1.29, 1.82) is 0 Å². The second kappa shape index (κ2) is 8.66. The van der Waals surface area contributed by atoms with Crippen LogP contribution >= 0.6 is 0 Å². The Morgan fingerprint density at radius 1 is 1.04 bits per heavy atom. The number of rotatable bonds is 7. The highest BCUT2D eigenvalue weighted by Gasteiger charge is 2.08. The van der Waals surface area contributed by atoms with Crippen LogP contribution in [-0.2, 0) is 4.79 Å². The molecule has 1 aromatic heterocycles. The molecule has 0 aliphatic carbocycles. The maximum atomic E-state index is 12.2. The smallest absolute Gasteiger partial charge is 0.264 e. The van der Waals surface area contributed by atoms with Gasteiger partial charge >= 0.3 is 0 Å². The third-order valence-electron chi connectivity index (χ3n) is 3.63. The van der Waals surface area contributed by atoms with E-state index in [4.69, 9.17) is 9.47 Å². The van der Waals surface area contributed by atoms with Gasteiger partial charge in [-0.05, 0) is 37.3 Å². The minimum Gasteiger partial charge on any atom is -0.490 e. The molecule has 0 unspecified atom stereocenters. The van der Waals surface area contributed by atoms with E-state index in [1.165, 1.54) is 6.07 Å². The zero-order valence-corrected chi connectivity index (χ0v) is 14.8. The van der Waals surface area contributed by atoms with Crippen molar-refractivity contribution in [2.75, 3.05) is 18.5 Å². The van der Waals surface area contributed by atoms with E-state index < -0.39 is 0 Å². The fourth-order valence-electron chi connectivity index (χ4n) is 2.45. The van der Waals surface area contributed by atoms with Crippen molar-refractivity contribution in [1.82, 2.24) is 10.2 Å². The lowest BCUT2D eigenvalue weighted by atomic mass is 10.1. The van der Waals surface area contributed by atoms with E-state index in [9.17, 15) is 9.59 Å². The van der Waals surface area contributed by atoms with E-state index in [1.807, 2.05) is 25.1 Å². The molecular weight excluding hydrogens is 346 g/mol. The quantitative estimate of drug-likeness (QED) is 0.671. The van der Waals surface area contributed by atoms with E-state index in [1.54, 1.807) is 36.4 Å². The number of amides is 1. The number of carbonyl (C=O) groups excluding carboxylic acids is 1. The molecule has 7 nitrogen and oxygen atoms in total. The van der Waals surface area contributed by atoms with Gasteiger partial charge in [0.15, 0.2) is 18.1 Å². The lowest BCUT2D eigenvalue weighted by Gasteiger charge is -2.12. The number of para-hydroxylation sites is 2. The lowest BCUT2D eigenvalue weighted by molar-refractivity contribution is -0.118. The van der Waals surface area contributed by atoms with E-state index in [0.717, 1.165) is 5.56 Å². The molecule has 0 saturated heterocycles. The number of aromatic amines is 1. The topological polar surface area (TPSA) is 93.3 Å². The summed E-state index contributed by atoms with van der Waals surface area (Å²) in [4.78, 5) is 23.3. The van der Waals surface area contributed by atoms with Crippen LogP contribution in [0.25, 0.3) is 11.3 Å². The molecule has 0 aliphatic heterocycles. The van der Waals surface area contributed by atoms with Crippen LogP contribution in [0.4, 0.5) is 5.69 Å². The summed E-state index contributed by atoms with van der Waals surface area (Å²) in [7, 11) is 0. The third-order valence-corrected chi connectivity index (χ3v) is 3.63. The van der Waals surface area contributed by atoms with Crippen LogP contribution in [0, 0.1) is 0 Å². The average molecular weight is 365 g/mol. The molecule has 7 heteroatoms. The number of H-pyrrole nitrogens is 1. The molecule has 27 heavy (non-hydrogen) atoms. The van der Waals surface area contributed by atoms with Crippen molar-refractivity contribution in [3.8, 4) is 22.8 Å². The first-order chi connectivity index (χ1) is 13.2. The van der Waals surface area contributed by atoms with Crippen LogP contribution in [0.2, 0.25) is 0 Å². The molecule has 3 rings (SSSR count). The van der Waals surface area contributed by atoms with Crippen LogP contribution in [0.3, 0.4) is 0 Å². The average Bonchev–Trinajstić information content (AvgIpc) is 2.68. The van der Waals surface area contributed by atoms with Gasteiger partial charge in [-0.3, -0.25) is 9.59 Å². The number of ether oxygens (including phenoxy) is 2. The maximum absolute atomic E-state index is 12.2. The Labute approximate surface area is 156 Å². The minimum atomic E-state index is -0.298. The summed E-state index contributed by atoms with van der Waals surface area (Å²) in [6.45, 7) is 2.25. The van der Waals surface area contributed by atoms with Crippen LogP contribution in [0.5, 0.6) is 11.5 Å². The Balaban J connectivity index is 1.64. The number of anilines is 1. The van der Waals surface area contributed by atoms with Crippen molar-refractivity contribution in [3.05, 3.63) is 71.0 Å². The van der Waals surface area contributed by atoms with Gasteiger partial charge < -0.3 is 14.8 Å². The van der Waals surface area contributed by atoms with Gasteiger partial charge in [-0.2, -0.15) is 5.10 Å². The van der Waals surface area contributed by atoms with Crippen molar-refractivity contribution < 1.29 is 14.3 Å². The highest BCUT2D eigenvalue weighted by Crippen LogP contribution is 2.26. The zero-order chi connectivity index (χ0) is 19.1. The monoisotopic (exact) mass is 365 g/mol. The molecule has 0 bridgehead atoms. The number of hydrogen-bond donors (Lipinski definition) is 2. The molecule has 0 aliphatic rings. The Morgan fingerprint density at radius 3 is 2.52 bits per heavy atom. The fourth-order valence-corrected chi connectivity index (χ4v) is 2.45. The van der Waals surface area contributed by atoms with E-state index in [2.05, 4.69) is 15.5 Å². The highest BCUT2D eigenvalue weighted by atomic mass is 16.5.